The lowest BCUT2D eigenvalue weighted by atomic mass is 10.1. The number of phenolic OH excluding ortho intramolecular Hbond substituents is 1. The molecule has 0 bridgehead atoms. The lowest BCUT2D eigenvalue weighted by molar-refractivity contribution is -0.115. The SMILES string of the molecule is O=C(Cc1ccccc1)Nc1cncc(-c2ccc3[nH]nc(-c4nc5c(-c6cc(O)cc(F)c6)ccnc5[nH]4)c3n2)c1. The first-order valence-corrected chi connectivity index (χ1v) is 13.0. The molecule has 0 aliphatic heterocycles. The third-order valence-corrected chi connectivity index (χ3v) is 6.74. The van der Waals surface area contributed by atoms with E-state index in [4.69, 9.17) is 9.97 Å². The molecule has 0 saturated carbocycles. The van der Waals surface area contributed by atoms with Crippen molar-refractivity contribution in [2.24, 2.45) is 0 Å². The number of aromatic hydroxyl groups is 1. The normalized spacial score (nSPS) is 11.3. The summed E-state index contributed by atoms with van der Waals surface area (Å²) in [6.45, 7) is 0. The van der Waals surface area contributed by atoms with Gasteiger partial charge in [-0.15, -0.1) is 0 Å². The Hall–Kier alpha value is -5.97. The zero-order chi connectivity index (χ0) is 28.6. The van der Waals surface area contributed by atoms with Crippen molar-refractivity contribution >= 4 is 33.8 Å². The van der Waals surface area contributed by atoms with Gasteiger partial charge in [-0.25, -0.2) is 19.3 Å². The second-order valence-corrected chi connectivity index (χ2v) is 9.68. The fourth-order valence-electron chi connectivity index (χ4n) is 4.84. The van der Waals surface area contributed by atoms with Crippen LogP contribution in [0.4, 0.5) is 10.1 Å². The summed E-state index contributed by atoms with van der Waals surface area (Å²) in [4.78, 5) is 34.0. The van der Waals surface area contributed by atoms with Gasteiger partial charge in [0, 0.05) is 29.6 Å². The van der Waals surface area contributed by atoms with Gasteiger partial charge >= 0.3 is 0 Å². The summed E-state index contributed by atoms with van der Waals surface area (Å²) in [6.07, 6.45) is 5.10. The number of nitrogens with one attached hydrogen (secondary N) is 3. The van der Waals surface area contributed by atoms with Crippen molar-refractivity contribution in [3.05, 3.63) is 103 Å². The van der Waals surface area contributed by atoms with Crippen LogP contribution in [0.2, 0.25) is 0 Å². The van der Waals surface area contributed by atoms with Gasteiger partial charge in [-0.1, -0.05) is 30.3 Å². The molecule has 0 aliphatic rings. The van der Waals surface area contributed by atoms with Crippen LogP contribution in [-0.2, 0) is 11.2 Å². The molecule has 0 spiro atoms. The number of aromatic amines is 2. The van der Waals surface area contributed by atoms with Crippen LogP contribution in [0, 0.1) is 5.82 Å². The van der Waals surface area contributed by atoms with Crippen molar-refractivity contribution in [1.29, 1.82) is 0 Å². The summed E-state index contributed by atoms with van der Waals surface area (Å²) in [6, 6.07) is 20.6. The predicted molar refractivity (Wildman–Crippen MR) is 156 cm³/mol. The van der Waals surface area contributed by atoms with Crippen LogP contribution in [0.5, 0.6) is 5.75 Å². The van der Waals surface area contributed by atoms with Crippen molar-refractivity contribution in [2.75, 3.05) is 5.32 Å². The van der Waals surface area contributed by atoms with Gasteiger partial charge in [0.05, 0.1) is 29.5 Å². The minimum absolute atomic E-state index is 0.146. The number of aromatic nitrogens is 7. The first-order valence-electron chi connectivity index (χ1n) is 13.0. The summed E-state index contributed by atoms with van der Waals surface area (Å²) in [7, 11) is 0. The Labute approximate surface area is 237 Å². The highest BCUT2D eigenvalue weighted by molar-refractivity contribution is 5.95. The number of H-pyrrole nitrogens is 2. The number of rotatable bonds is 6. The lowest BCUT2D eigenvalue weighted by Gasteiger charge is -2.07. The summed E-state index contributed by atoms with van der Waals surface area (Å²) in [5, 5.41) is 20.2. The summed E-state index contributed by atoms with van der Waals surface area (Å²) in [5.74, 6) is -0.473. The number of phenols is 1. The van der Waals surface area contributed by atoms with E-state index >= 15 is 0 Å². The quantitative estimate of drug-likeness (QED) is 0.207. The predicted octanol–water partition coefficient (Wildman–Crippen LogP) is 5.65. The summed E-state index contributed by atoms with van der Waals surface area (Å²) >= 11 is 0. The second kappa shape index (κ2) is 10.2. The lowest BCUT2D eigenvalue weighted by Crippen LogP contribution is -2.14. The van der Waals surface area contributed by atoms with Crippen molar-refractivity contribution in [3.8, 4) is 39.7 Å². The van der Waals surface area contributed by atoms with E-state index in [0.29, 0.717) is 61.8 Å². The average Bonchev–Trinajstić information content (AvgIpc) is 3.61. The van der Waals surface area contributed by atoms with Gasteiger partial charge in [0.15, 0.2) is 17.2 Å². The van der Waals surface area contributed by atoms with Gasteiger partial charge < -0.3 is 15.4 Å². The number of pyridine rings is 3. The maximum Gasteiger partial charge on any atom is 0.228 e. The monoisotopic (exact) mass is 556 g/mol. The highest BCUT2D eigenvalue weighted by Crippen LogP contribution is 2.32. The average molecular weight is 557 g/mol. The van der Waals surface area contributed by atoms with Gasteiger partial charge in [-0.2, -0.15) is 5.10 Å². The standard InChI is InChI=1S/C31H21FN8O2/c32-20-11-18(13-22(41)14-20)23-8-9-34-30-27(23)37-31(38-30)29-28-25(39-40-29)7-6-24(36-28)19-12-21(16-33-15-19)35-26(42)10-17-4-2-1-3-5-17/h1-9,11-16,41H,10H2,(H,35,42)(H,39,40)(H,34,37,38). The summed E-state index contributed by atoms with van der Waals surface area (Å²) in [5.41, 5.74) is 6.57. The molecule has 10 nitrogen and oxygen atoms in total. The molecule has 7 aromatic rings. The van der Waals surface area contributed by atoms with E-state index in [1.807, 2.05) is 48.5 Å². The van der Waals surface area contributed by atoms with Crippen LogP contribution >= 0.6 is 0 Å². The fourth-order valence-corrected chi connectivity index (χ4v) is 4.84. The van der Waals surface area contributed by atoms with Crippen molar-refractivity contribution < 1.29 is 14.3 Å². The highest BCUT2D eigenvalue weighted by atomic mass is 19.1. The van der Waals surface area contributed by atoms with Crippen LogP contribution in [0.25, 0.3) is 56.1 Å². The number of carbonyl (C=O) groups excluding carboxylic acids is 1. The molecule has 2 aromatic carbocycles. The molecule has 7 rings (SSSR count). The van der Waals surface area contributed by atoms with Crippen LogP contribution in [0.15, 0.2) is 91.4 Å². The van der Waals surface area contributed by atoms with Crippen LogP contribution in [0.3, 0.4) is 0 Å². The van der Waals surface area contributed by atoms with Crippen molar-refractivity contribution in [2.45, 2.75) is 6.42 Å². The number of halogens is 1. The Kier molecular flexibility index (Phi) is 6.08. The number of benzene rings is 2. The van der Waals surface area contributed by atoms with Crippen molar-refractivity contribution in [1.82, 2.24) is 35.1 Å². The molecule has 204 valence electrons. The van der Waals surface area contributed by atoms with Gasteiger partial charge in [-0.3, -0.25) is 14.9 Å². The minimum atomic E-state index is -0.560. The maximum absolute atomic E-state index is 14.0. The smallest absolute Gasteiger partial charge is 0.228 e. The van der Waals surface area contributed by atoms with E-state index in [0.717, 1.165) is 11.6 Å². The van der Waals surface area contributed by atoms with Gasteiger partial charge in [0.25, 0.3) is 0 Å². The number of anilines is 1. The van der Waals surface area contributed by atoms with E-state index in [9.17, 15) is 14.3 Å². The van der Waals surface area contributed by atoms with E-state index in [2.05, 4.69) is 30.5 Å². The molecule has 0 atom stereocenters. The molecule has 0 aliphatic carbocycles. The largest absolute Gasteiger partial charge is 0.508 e. The molecule has 0 fully saturated rings. The maximum atomic E-state index is 14.0. The minimum Gasteiger partial charge on any atom is -0.508 e. The van der Waals surface area contributed by atoms with Crippen molar-refractivity contribution in [3.63, 3.8) is 0 Å². The number of hydrogen-bond acceptors (Lipinski definition) is 7. The first-order chi connectivity index (χ1) is 20.5. The van der Waals surface area contributed by atoms with E-state index in [1.165, 1.54) is 12.1 Å². The van der Waals surface area contributed by atoms with Crippen LogP contribution in [0.1, 0.15) is 5.56 Å². The molecule has 4 N–H and O–H groups in total. The van der Waals surface area contributed by atoms with E-state index in [1.54, 1.807) is 24.7 Å². The number of fused-ring (bicyclic) bond motifs is 2. The Morgan fingerprint density at radius 3 is 2.67 bits per heavy atom. The van der Waals surface area contributed by atoms with E-state index in [-0.39, 0.29) is 18.1 Å². The van der Waals surface area contributed by atoms with Gasteiger partial charge in [0.2, 0.25) is 5.91 Å². The van der Waals surface area contributed by atoms with Crippen LogP contribution in [-0.4, -0.2) is 46.1 Å². The third kappa shape index (κ3) is 4.79. The number of carbonyl (C=O) groups is 1. The zero-order valence-electron chi connectivity index (χ0n) is 21.8. The van der Waals surface area contributed by atoms with Gasteiger partial charge in [0.1, 0.15) is 22.6 Å². The molecule has 5 heterocycles. The second-order valence-electron chi connectivity index (χ2n) is 9.68. The number of hydrogen-bond donors (Lipinski definition) is 4. The first kappa shape index (κ1) is 25.0. The molecular formula is C31H21FN8O2. The number of imidazole rings is 1. The molecule has 1 amide bonds. The highest BCUT2D eigenvalue weighted by Gasteiger charge is 2.18. The fraction of sp³-hybridized carbons (Fsp3) is 0.0323. The van der Waals surface area contributed by atoms with Gasteiger partial charge in [-0.05, 0) is 47.5 Å². The molecule has 5 aromatic heterocycles. The Morgan fingerprint density at radius 1 is 0.929 bits per heavy atom. The molecule has 0 radical (unpaired) electrons. The van der Waals surface area contributed by atoms with E-state index < -0.39 is 5.82 Å². The molecule has 11 heteroatoms. The zero-order valence-corrected chi connectivity index (χ0v) is 21.8. The number of nitrogens with zero attached hydrogens (tertiary/aromatic N) is 5. The van der Waals surface area contributed by atoms with Crippen LogP contribution < -0.4 is 5.32 Å². The summed E-state index contributed by atoms with van der Waals surface area (Å²) < 4.78 is 14.0. The Balaban J connectivity index is 1.22. The molecule has 42 heavy (non-hydrogen) atoms. The Morgan fingerprint density at radius 2 is 1.81 bits per heavy atom. The topological polar surface area (TPSA) is 145 Å². The molecular weight excluding hydrogens is 535 g/mol. The number of amides is 1. The Bertz CT molecular complexity index is 2090. The molecule has 0 saturated heterocycles. The third-order valence-electron chi connectivity index (χ3n) is 6.74. The molecule has 0 unspecified atom stereocenters.